The number of aromatic nitrogens is 1. The van der Waals surface area contributed by atoms with E-state index in [0.29, 0.717) is 25.3 Å². The zero-order chi connectivity index (χ0) is 17.9. The normalized spacial score (nSPS) is 19.9. The Labute approximate surface area is 149 Å². The summed E-state index contributed by atoms with van der Waals surface area (Å²) in [6.07, 6.45) is 1.48. The van der Waals surface area contributed by atoms with Crippen LogP contribution in [0.4, 0.5) is 0 Å². The highest BCUT2D eigenvalue weighted by atomic mass is 16.5. The quantitative estimate of drug-likeness (QED) is 0.817. The Kier molecular flexibility index (Phi) is 5.30. The highest BCUT2D eigenvalue weighted by molar-refractivity contribution is 6.44. The van der Waals surface area contributed by atoms with E-state index in [1.165, 1.54) is 0 Å². The summed E-state index contributed by atoms with van der Waals surface area (Å²) in [6, 6.07) is 11.8. The minimum atomic E-state index is -0.717. The van der Waals surface area contributed by atoms with E-state index < -0.39 is 7.12 Å². The summed E-state index contributed by atoms with van der Waals surface area (Å²) in [5.74, 6) is 1.44. The fourth-order valence-corrected chi connectivity index (χ4v) is 3.05. The summed E-state index contributed by atoms with van der Waals surface area (Å²) in [7, 11) is 0.921. The third kappa shape index (κ3) is 3.80. The lowest BCUT2D eigenvalue weighted by atomic mass is 9.72. The van der Waals surface area contributed by atoms with Gasteiger partial charge in [-0.2, -0.15) is 0 Å². The highest BCUT2D eigenvalue weighted by Gasteiger charge is 2.41. The van der Waals surface area contributed by atoms with Crippen molar-refractivity contribution >= 4 is 7.12 Å². The second-order valence-electron chi connectivity index (χ2n) is 6.65. The average molecular weight is 341 g/mol. The van der Waals surface area contributed by atoms with Gasteiger partial charge in [0.25, 0.3) is 0 Å². The van der Waals surface area contributed by atoms with Crippen LogP contribution in [-0.4, -0.2) is 37.4 Å². The monoisotopic (exact) mass is 341 g/mol. The second-order valence-corrected chi connectivity index (χ2v) is 6.65. The van der Waals surface area contributed by atoms with Crippen molar-refractivity contribution in [2.24, 2.45) is 0 Å². The van der Waals surface area contributed by atoms with Crippen molar-refractivity contribution in [3.05, 3.63) is 42.1 Å². The van der Waals surface area contributed by atoms with E-state index in [0.717, 1.165) is 29.1 Å². The number of benzene rings is 1. The Balaban J connectivity index is 1.93. The van der Waals surface area contributed by atoms with Gasteiger partial charge in [0.05, 0.1) is 19.4 Å². The Morgan fingerprint density at radius 2 is 2.12 bits per heavy atom. The molecule has 6 heteroatoms. The molecule has 0 bridgehead atoms. The first-order valence-electron chi connectivity index (χ1n) is 8.64. The van der Waals surface area contributed by atoms with Crippen LogP contribution >= 0.6 is 0 Å². The van der Waals surface area contributed by atoms with E-state index in [2.05, 4.69) is 13.8 Å². The molecule has 3 rings (SSSR count). The first-order valence-corrected chi connectivity index (χ1v) is 8.64. The Bertz CT molecular complexity index is 739. The molecular weight excluding hydrogens is 317 g/mol. The van der Waals surface area contributed by atoms with Crippen LogP contribution in [-0.2, 0) is 10.1 Å². The molecule has 5 nitrogen and oxygen atoms in total. The molecule has 0 aliphatic carbocycles. The van der Waals surface area contributed by atoms with Gasteiger partial charge in [0, 0.05) is 23.3 Å². The molecule has 2 aromatic rings. The van der Waals surface area contributed by atoms with Crippen molar-refractivity contribution in [1.82, 2.24) is 4.98 Å². The van der Waals surface area contributed by atoms with E-state index in [1.807, 2.05) is 36.4 Å². The second kappa shape index (κ2) is 7.46. The minimum Gasteiger partial charge on any atom is -0.493 e. The number of ether oxygens (including phenoxy) is 2. The molecule has 0 radical (unpaired) electrons. The van der Waals surface area contributed by atoms with Crippen molar-refractivity contribution in [1.29, 1.82) is 0 Å². The molecule has 1 saturated heterocycles. The van der Waals surface area contributed by atoms with Gasteiger partial charge in [0.2, 0.25) is 0 Å². The smallest absolute Gasteiger partial charge is 0.455 e. The zero-order valence-corrected chi connectivity index (χ0v) is 15.0. The molecule has 0 unspecified atom stereocenters. The van der Waals surface area contributed by atoms with Gasteiger partial charge >= 0.3 is 7.12 Å². The van der Waals surface area contributed by atoms with Crippen LogP contribution in [0.2, 0.25) is 6.32 Å². The van der Waals surface area contributed by atoms with Gasteiger partial charge in [-0.05, 0) is 43.1 Å². The maximum Gasteiger partial charge on any atom is 0.455 e. The van der Waals surface area contributed by atoms with Gasteiger partial charge in [0.1, 0.15) is 0 Å². The van der Waals surface area contributed by atoms with Gasteiger partial charge in [-0.3, -0.25) is 4.98 Å². The van der Waals surface area contributed by atoms with Gasteiger partial charge in [-0.15, -0.1) is 0 Å². The predicted molar refractivity (Wildman–Crippen MR) is 98.1 cm³/mol. The standard InChI is InChI=1S/C19H24BNO4/c1-4-10-24-17-11-14(8-9-16(17)23-3)15-6-5-7-18(21-15)19(2)12-20(22)25-13-19/h5-9,11,22H,4,10,12-13H2,1-3H3/t19-/m1/s1. The summed E-state index contributed by atoms with van der Waals surface area (Å²) >= 11 is 0. The lowest BCUT2D eigenvalue weighted by Gasteiger charge is -2.22. The van der Waals surface area contributed by atoms with E-state index in [4.69, 9.17) is 19.1 Å². The van der Waals surface area contributed by atoms with Crippen LogP contribution in [0, 0.1) is 0 Å². The minimum absolute atomic E-state index is 0.274. The Morgan fingerprint density at radius 3 is 2.80 bits per heavy atom. The topological polar surface area (TPSA) is 60.8 Å². The summed E-state index contributed by atoms with van der Waals surface area (Å²) in [4.78, 5) is 4.82. The number of nitrogens with zero attached hydrogens (tertiary/aromatic N) is 1. The maximum atomic E-state index is 9.71. The molecule has 132 valence electrons. The fourth-order valence-electron chi connectivity index (χ4n) is 3.05. The number of hydrogen-bond acceptors (Lipinski definition) is 5. The van der Waals surface area contributed by atoms with E-state index >= 15 is 0 Å². The fraction of sp³-hybridized carbons (Fsp3) is 0.421. The highest BCUT2D eigenvalue weighted by Crippen LogP contribution is 2.36. The molecule has 1 fully saturated rings. The number of rotatable bonds is 6. The summed E-state index contributed by atoms with van der Waals surface area (Å²) in [6.45, 7) is 5.25. The number of pyridine rings is 1. The third-order valence-electron chi connectivity index (χ3n) is 4.51. The van der Waals surface area contributed by atoms with Crippen LogP contribution in [0.25, 0.3) is 11.3 Å². The summed E-state index contributed by atoms with van der Waals surface area (Å²) in [5, 5.41) is 9.71. The van der Waals surface area contributed by atoms with Crippen molar-refractivity contribution in [3.63, 3.8) is 0 Å². The summed E-state index contributed by atoms with van der Waals surface area (Å²) in [5.41, 5.74) is 2.48. The lowest BCUT2D eigenvalue weighted by Crippen LogP contribution is -2.23. The molecule has 1 aromatic carbocycles. The molecule has 0 amide bonds. The molecule has 1 aliphatic heterocycles. The predicted octanol–water partition coefficient (Wildman–Crippen LogP) is 3.31. The van der Waals surface area contributed by atoms with Crippen LogP contribution in [0.3, 0.4) is 0 Å². The van der Waals surface area contributed by atoms with Crippen molar-refractivity contribution in [2.45, 2.75) is 32.0 Å². The van der Waals surface area contributed by atoms with Gasteiger partial charge in [-0.25, -0.2) is 0 Å². The maximum absolute atomic E-state index is 9.71. The Morgan fingerprint density at radius 1 is 1.28 bits per heavy atom. The van der Waals surface area contributed by atoms with Gasteiger partial charge in [-0.1, -0.05) is 19.9 Å². The number of methoxy groups -OCH3 is 1. The average Bonchev–Trinajstić information content (AvgIpc) is 3.00. The van der Waals surface area contributed by atoms with Crippen LogP contribution in [0.5, 0.6) is 11.5 Å². The van der Waals surface area contributed by atoms with E-state index in [9.17, 15) is 5.02 Å². The lowest BCUT2D eigenvalue weighted by molar-refractivity contribution is 0.260. The van der Waals surface area contributed by atoms with Gasteiger partial charge in [0.15, 0.2) is 11.5 Å². The molecule has 1 atom stereocenters. The largest absolute Gasteiger partial charge is 0.493 e. The zero-order valence-electron chi connectivity index (χ0n) is 15.0. The molecule has 1 aromatic heterocycles. The SMILES string of the molecule is CCCOc1cc(-c2cccc([C@@]3(C)COB(O)C3)n2)ccc1OC. The van der Waals surface area contributed by atoms with Crippen molar-refractivity contribution < 1.29 is 19.2 Å². The van der Waals surface area contributed by atoms with Crippen LogP contribution in [0.1, 0.15) is 26.0 Å². The first kappa shape index (κ1) is 17.8. The first-order chi connectivity index (χ1) is 12.1. The molecule has 0 saturated carbocycles. The summed E-state index contributed by atoms with van der Waals surface area (Å²) < 4.78 is 16.5. The number of hydrogen-bond donors (Lipinski definition) is 1. The molecule has 2 heterocycles. The van der Waals surface area contributed by atoms with Crippen LogP contribution in [0.15, 0.2) is 36.4 Å². The molecule has 0 spiro atoms. The van der Waals surface area contributed by atoms with Crippen LogP contribution < -0.4 is 9.47 Å². The molecule has 25 heavy (non-hydrogen) atoms. The third-order valence-corrected chi connectivity index (χ3v) is 4.51. The van der Waals surface area contributed by atoms with E-state index in [1.54, 1.807) is 7.11 Å². The van der Waals surface area contributed by atoms with Crippen molar-refractivity contribution in [3.8, 4) is 22.8 Å². The van der Waals surface area contributed by atoms with Gasteiger partial charge < -0.3 is 19.2 Å². The molecular formula is C19H24BNO4. The van der Waals surface area contributed by atoms with E-state index in [-0.39, 0.29) is 5.41 Å². The Hall–Kier alpha value is -2.05. The molecule has 1 N–H and O–H groups in total. The molecule has 1 aliphatic rings. The van der Waals surface area contributed by atoms with Crippen molar-refractivity contribution in [2.75, 3.05) is 20.3 Å².